The number of carbonyl (C=O) groups excluding carboxylic acids is 1. The van der Waals surface area contributed by atoms with Crippen LogP contribution < -0.4 is 14.9 Å². The number of amides is 1. The van der Waals surface area contributed by atoms with Gasteiger partial charge in [0.1, 0.15) is 17.1 Å². The lowest BCUT2D eigenvalue weighted by Gasteiger charge is -2.26. The van der Waals surface area contributed by atoms with Crippen molar-refractivity contribution in [3.63, 3.8) is 0 Å². The molecular weight excluding hydrogens is 396 g/mol. The SMILES string of the molecule is CCOc1cccc(C2c3c(oc4cc(OC)ccc4c3=O)C(=O)N2CCN(C)C)c1. The predicted molar refractivity (Wildman–Crippen MR) is 118 cm³/mol. The van der Waals surface area contributed by atoms with Crippen LogP contribution in [-0.2, 0) is 0 Å². The minimum atomic E-state index is -0.536. The first kappa shape index (κ1) is 20.9. The van der Waals surface area contributed by atoms with Crippen molar-refractivity contribution >= 4 is 16.9 Å². The van der Waals surface area contributed by atoms with Gasteiger partial charge in [-0.15, -0.1) is 0 Å². The van der Waals surface area contributed by atoms with Gasteiger partial charge < -0.3 is 23.7 Å². The van der Waals surface area contributed by atoms with E-state index in [9.17, 15) is 9.59 Å². The Morgan fingerprint density at radius 1 is 1.10 bits per heavy atom. The minimum absolute atomic E-state index is 0.0938. The van der Waals surface area contributed by atoms with E-state index in [4.69, 9.17) is 13.9 Å². The van der Waals surface area contributed by atoms with Gasteiger partial charge in [0.15, 0.2) is 5.43 Å². The fraction of sp³-hybridized carbons (Fsp3) is 0.333. The van der Waals surface area contributed by atoms with Crippen LogP contribution in [0.15, 0.2) is 51.7 Å². The number of carbonyl (C=O) groups is 1. The lowest BCUT2D eigenvalue weighted by molar-refractivity contribution is 0.0716. The second-order valence-corrected chi connectivity index (χ2v) is 7.75. The average Bonchev–Trinajstić information content (AvgIpc) is 3.04. The molecule has 0 aliphatic carbocycles. The quantitative estimate of drug-likeness (QED) is 0.582. The van der Waals surface area contributed by atoms with Gasteiger partial charge >= 0.3 is 0 Å². The summed E-state index contributed by atoms with van der Waals surface area (Å²) in [7, 11) is 5.44. The number of rotatable bonds is 7. The molecule has 0 saturated carbocycles. The van der Waals surface area contributed by atoms with Crippen LogP contribution >= 0.6 is 0 Å². The molecule has 2 heterocycles. The van der Waals surface area contributed by atoms with Crippen LogP contribution in [0.4, 0.5) is 0 Å². The van der Waals surface area contributed by atoms with Crippen LogP contribution in [0.3, 0.4) is 0 Å². The van der Waals surface area contributed by atoms with E-state index in [0.717, 1.165) is 5.56 Å². The molecule has 0 spiro atoms. The molecule has 3 aromatic rings. The Morgan fingerprint density at radius 2 is 1.90 bits per heavy atom. The maximum absolute atomic E-state index is 13.5. The molecule has 2 aromatic carbocycles. The van der Waals surface area contributed by atoms with Crippen molar-refractivity contribution in [2.24, 2.45) is 0 Å². The van der Waals surface area contributed by atoms with Gasteiger partial charge in [-0.2, -0.15) is 0 Å². The number of likely N-dealkylation sites (N-methyl/N-ethyl adjacent to an activating group) is 1. The van der Waals surface area contributed by atoms with Gasteiger partial charge in [-0.1, -0.05) is 12.1 Å². The number of fused-ring (bicyclic) bond motifs is 2. The first-order chi connectivity index (χ1) is 14.9. The van der Waals surface area contributed by atoms with E-state index in [1.54, 1.807) is 30.2 Å². The minimum Gasteiger partial charge on any atom is -0.497 e. The van der Waals surface area contributed by atoms with Crippen LogP contribution in [0.5, 0.6) is 11.5 Å². The normalized spacial score (nSPS) is 15.6. The van der Waals surface area contributed by atoms with Crippen LogP contribution in [-0.4, -0.2) is 56.6 Å². The summed E-state index contributed by atoms with van der Waals surface area (Å²) in [6, 6.07) is 12.0. The predicted octanol–water partition coefficient (Wildman–Crippen LogP) is 3.31. The van der Waals surface area contributed by atoms with E-state index in [1.165, 1.54) is 0 Å². The summed E-state index contributed by atoms with van der Waals surface area (Å²) in [5.74, 6) is 1.07. The summed E-state index contributed by atoms with van der Waals surface area (Å²) in [5.41, 5.74) is 1.33. The Labute approximate surface area is 180 Å². The van der Waals surface area contributed by atoms with Crippen molar-refractivity contribution in [2.45, 2.75) is 13.0 Å². The second-order valence-electron chi connectivity index (χ2n) is 7.75. The molecule has 0 bridgehead atoms. The monoisotopic (exact) mass is 422 g/mol. The molecule has 1 amide bonds. The molecule has 1 aromatic heterocycles. The summed E-state index contributed by atoms with van der Waals surface area (Å²) >= 11 is 0. The molecule has 7 nitrogen and oxygen atoms in total. The van der Waals surface area contributed by atoms with Crippen LogP contribution in [0.1, 0.15) is 34.6 Å². The van der Waals surface area contributed by atoms with Crippen molar-refractivity contribution in [2.75, 3.05) is 40.9 Å². The van der Waals surface area contributed by atoms with Gasteiger partial charge in [0.25, 0.3) is 5.91 Å². The highest BCUT2D eigenvalue weighted by molar-refractivity contribution is 5.99. The number of hydrogen-bond donors (Lipinski definition) is 0. The molecule has 0 fully saturated rings. The highest BCUT2D eigenvalue weighted by Gasteiger charge is 2.42. The third kappa shape index (κ3) is 3.77. The van der Waals surface area contributed by atoms with Crippen LogP contribution in [0, 0.1) is 0 Å². The number of benzene rings is 2. The lowest BCUT2D eigenvalue weighted by Crippen LogP contribution is -2.35. The Bertz CT molecular complexity index is 1180. The fourth-order valence-corrected chi connectivity index (χ4v) is 3.95. The molecular formula is C24H26N2O5. The van der Waals surface area contributed by atoms with Crippen molar-refractivity contribution in [1.29, 1.82) is 0 Å². The molecule has 31 heavy (non-hydrogen) atoms. The smallest absolute Gasteiger partial charge is 0.290 e. The van der Waals surface area contributed by atoms with E-state index < -0.39 is 6.04 Å². The number of methoxy groups -OCH3 is 1. The lowest BCUT2D eigenvalue weighted by atomic mass is 9.98. The zero-order chi connectivity index (χ0) is 22.1. The summed E-state index contributed by atoms with van der Waals surface area (Å²) in [6.45, 7) is 3.56. The highest BCUT2D eigenvalue weighted by atomic mass is 16.5. The van der Waals surface area contributed by atoms with E-state index in [1.807, 2.05) is 50.2 Å². The third-order valence-electron chi connectivity index (χ3n) is 5.45. The molecule has 1 aliphatic heterocycles. The molecule has 7 heteroatoms. The van der Waals surface area contributed by atoms with Gasteiger partial charge in [-0.25, -0.2) is 0 Å². The van der Waals surface area contributed by atoms with E-state index >= 15 is 0 Å². The molecule has 162 valence electrons. The van der Waals surface area contributed by atoms with Gasteiger partial charge in [0, 0.05) is 19.2 Å². The standard InChI is InChI=1S/C24H26N2O5/c1-5-30-17-8-6-7-15(13-17)21-20-22(27)18-10-9-16(29-4)14-19(18)31-23(20)24(28)26(21)12-11-25(2)3/h6-10,13-14,21H,5,11-12H2,1-4H3. The number of hydrogen-bond acceptors (Lipinski definition) is 6. The van der Waals surface area contributed by atoms with Crippen molar-refractivity contribution in [1.82, 2.24) is 9.80 Å². The summed E-state index contributed by atoms with van der Waals surface area (Å²) < 4.78 is 16.9. The Kier molecular flexibility index (Phi) is 5.69. The molecule has 1 atom stereocenters. The maximum atomic E-state index is 13.5. The van der Waals surface area contributed by atoms with Crippen molar-refractivity contribution in [3.8, 4) is 11.5 Å². The maximum Gasteiger partial charge on any atom is 0.290 e. The summed E-state index contributed by atoms with van der Waals surface area (Å²) in [5, 5.41) is 0.424. The largest absolute Gasteiger partial charge is 0.497 e. The molecule has 1 aliphatic rings. The molecule has 4 rings (SSSR count). The van der Waals surface area contributed by atoms with Gasteiger partial charge in [0.05, 0.1) is 30.7 Å². The zero-order valence-corrected chi connectivity index (χ0v) is 18.2. The average molecular weight is 422 g/mol. The van der Waals surface area contributed by atoms with E-state index in [0.29, 0.717) is 47.7 Å². The summed E-state index contributed by atoms with van der Waals surface area (Å²) in [4.78, 5) is 30.6. The second kappa shape index (κ2) is 8.43. The van der Waals surface area contributed by atoms with E-state index in [-0.39, 0.29) is 17.1 Å². The highest BCUT2D eigenvalue weighted by Crippen LogP contribution is 2.39. The first-order valence-electron chi connectivity index (χ1n) is 10.3. The van der Waals surface area contributed by atoms with Crippen molar-refractivity contribution in [3.05, 3.63) is 69.6 Å². The molecule has 0 saturated heterocycles. The van der Waals surface area contributed by atoms with Gasteiger partial charge in [-0.05, 0) is 50.8 Å². The molecule has 0 N–H and O–H groups in total. The summed E-state index contributed by atoms with van der Waals surface area (Å²) in [6.07, 6.45) is 0. The Hall–Kier alpha value is -3.32. The van der Waals surface area contributed by atoms with Gasteiger partial charge in [-0.3, -0.25) is 9.59 Å². The topological polar surface area (TPSA) is 72.2 Å². The fourth-order valence-electron chi connectivity index (χ4n) is 3.95. The third-order valence-corrected chi connectivity index (χ3v) is 5.45. The number of ether oxygens (including phenoxy) is 2. The molecule has 1 unspecified atom stereocenters. The van der Waals surface area contributed by atoms with Crippen molar-refractivity contribution < 1.29 is 18.7 Å². The van der Waals surface area contributed by atoms with Gasteiger partial charge in [0.2, 0.25) is 5.76 Å². The van der Waals surface area contributed by atoms with E-state index in [2.05, 4.69) is 0 Å². The Morgan fingerprint density at radius 3 is 2.61 bits per heavy atom. The first-order valence-corrected chi connectivity index (χ1v) is 10.3. The molecule has 0 radical (unpaired) electrons. The van der Waals surface area contributed by atoms with Crippen LogP contribution in [0.25, 0.3) is 11.0 Å². The van der Waals surface area contributed by atoms with Crippen LogP contribution in [0.2, 0.25) is 0 Å². The Balaban J connectivity index is 1.91. The zero-order valence-electron chi connectivity index (χ0n) is 18.2. The number of nitrogens with zero attached hydrogens (tertiary/aromatic N) is 2.